The number of anilines is 1. The van der Waals surface area contributed by atoms with Gasteiger partial charge in [0.15, 0.2) is 10.9 Å². The van der Waals surface area contributed by atoms with Crippen molar-refractivity contribution >= 4 is 62.5 Å². The van der Waals surface area contributed by atoms with Gasteiger partial charge in [0.25, 0.3) is 0 Å². The lowest BCUT2D eigenvalue weighted by Gasteiger charge is -2.03. The Labute approximate surface area is 167 Å². The van der Waals surface area contributed by atoms with Gasteiger partial charge in [0.1, 0.15) is 12.3 Å². The number of nitrogens with zero attached hydrogens (tertiary/aromatic N) is 2. The van der Waals surface area contributed by atoms with Crippen LogP contribution in [0.25, 0.3) is 10.4 Å². The van der Waals surface area contributed by atoms with Crippen molar-refractivity contribution in [2.24, 2.45) is 4.99 Å². The topological polar surface area (TPSA) is 88.6 Å². The molecule has 0 unspecified atom stereocenters. The molecule has 2 aromatic heterocycles. The van der Waals surface area contributed by atoms with Crippen LogP contribution in [0.2, 0.25) is 10.0 Å². The second-order valence-electron chi connectivity index (χ2n) is 5.34. The summed E-state index contributed by atoms with van der Waals surface area (Å²) in [6.07, 6.45) is 1.44. The van der Waals surface area contributed by atoms with Gasteiger partial charge in [-0.15, -0.1) is 11.3 Å². The number of Topliss-reactive ketones (excluding diaryl/α,β-unsaturated/α-hetero) is 1. The van der Waals surface area contributed by atoms with Crippen LogP contribution < -0.4 is 5.73 Å². The van der Waals surface area contributed by atoms with Gasteiger partial charge in [0.05, 0.1) is 26.0 Å². The second-order valence-corrected chi connectivity index (χ2v) is 8.10. The third-order valence-electron chi connectivity index (χ3n) is 3.59. The molecular formula is C17H13Cl2N3O2S2. The molecule has 134 valence electrons. The fourth-order valence-corrected chi connectivity index (χ4v) is 4.14. The Bertz CT molecular complexity index is 1010. The number of halogens is 2. The number of carbonyl (C=O) groups excluding carboxylic acids is 1. The Morgan fingerprint density at radius 2 is 2.12 bits per heavy atom. The van der Waals surface area contributed by atoms with Gasteiger partial charge in [-0.05, 0) is 24.6 Å². The van der Waals surface area contributed by atoms with Gasteiger partial charge < -0.3 is 10.8 Å². The normalized spacial score (nSPS) is 11.7. The first-order chi connectivity index (χ1) is 12.4. The fraction of sp³-hybridized carbons (Fsp3) is 0.118. The molecule has 0 atom stereocenters. The van der Waals surface area contributed by atoms with Gasteiger partial charge in [-0.2, -0.15) is 0 Å². The predicted octanol–water partition coefficient (Wildman–Crippen LogP) is 5.16. The summed E-state index contributed by atoms with van der Waals surface area (Å²) < 4.78 is 0. The molecule has 0 aliphatic heterocycles. The zero-order valence-electron chi connectivity index (χ0n) is 13.5. The summed E-state index contributed by atoms with van der Waals surface area (Å²) in [4.78, 5) is 21.4. The van der Waals surface area contributed by atoms with Crippen LogP contribution in [0.3, 0.4) is 0 Å². The molecule has 3 rings (SSSR count). The molecule has 0 radical (unpaired) electrons. The molecule has 2 heterocycles. The van der Waals surface area contributed by atoms with Gasteiger partial charge in [-0.1, -0.05) is 40.6 Å². The monoisotopic (exact) mass is 425 g/mol. The standard InChI is InChI=1S/C17H13Cl2N3O2S2/c1-8(21-5-13(23)14-6-22-17(20)26-14)10-7-25-16(15(10)24)9-2-3-11(18)12(19)4-9/h2-4,6-7,24H,5H2,1H3,(H2,20,22). The number of aliphatic imine (C=N–C) groups is 1. The van der Waals surface area contributed by atoms with Crippen molar-refractivity contribution in [3.8, 4) is 16.2 Å². The van der Waals surface area contributed by atoms with Crippen LogP contribution in [0.5, 0.6) is 5.75 Å². The summed E-state index contributed by atoms with van der Waals surface area (Å²) >= 11 is 14.5. The molecular weight excluding hydrogens is 413 g/mol. The quantitative estimate of drug-likeness (QED) is 0.436. The molecule has 0 bridgehead atoms. The van der Waals surface area contributed by atoms with Crippen molar-refractivity contribution in [1.29, 1.82) is 0 Å². The molecule has 5 nitrogen and oxygen atoms in total. The minimum absolute atomic E-state index is 0.0368. The maximum absolute atomic E-state index is 12.1. The third-order valence-corrected chi connectivity index (χ3v) is 6.22. The lowest BCUT2D eigenvalue weighted by atomic mass is 10.1. The Morgan fingerprint density at radius 3 is 2.77 bits per heavy atom. The summed E-state index contributed by atoms with van der Waals surface area (Å²) in [7, 11) is 0. The van der Waals surface area contributed by atoms with Gasteiger partial charge in [0.2, 0.25) is 0 Å². The van der Waals surface area contributed by atoms with Crippen LogP contribution in [0.15, 0.2) is 34.8 Å². The molecule has 26 heavy (non-hydrogen) atoms. The smallest absolute Gasteiger partial charge is 0.195 e. The third kappa shape index (κ3) is 3.91. The number of thiazole rings is 1. The van der Waals surface area contributed by atoms with Gasteiger partial charge in [-0.25, -0.2) is 4.98 Å². The number of nitrogens with two attached hydrogens (primary N) is 1. The van der Waals surface area contributed by atoms with Crippen LogP contribution in [-0.4, -0.2) is 28.1 Å². The molecule has 3 aromatic rings. The lowest BCUT2D eigenvalue weighted by molar-refractivity contribution is 0.101. The van der Waals surface area contributed by atoms with Crippen LogP contribution in [0.4, 0.5) is 5.13 Å². The first kappa shape index (κ1) is 18.8. The first-order valence-corrected chi connectivity index (χ1v) is 9.84. The summed E-state index contributed by atoms with van der Waals surface area (Å²) in [6.45, 7) is 1.71. The summed E-state index contributed by atoms with van der Waals surface area (Å²) in [6, 6.07) is 5.16. The van der Waals surface area contributed by atoms with Crippen molar-refractivity contribution in [2.45, 2.75) is 6.92 Å². The van der Waals surface area contributed by atoms with Crippen molar-refractivity contribution in [1.82, 2.24) is 4.98 Å². The average Bonchev–Trinajstić information content (AvgIpc) is 3.21. The van der Waals surface area contributed by atoms with Crippen molar-refractivity contribution in [2.75, 3.05) is 12.3 Å². The van der Waals surface area contributed by atoms with E-state index in [2.05, 4.69) is 9.98 Å². The minimum atomic E-state index is -0.169. The zero-order chi connectivity index (χ0) is 18.8. The Hall–Kier alpha value is -1.93. The number of rotatable bonds is 5. The molecule has 9 heteroatoms. The highest BCUT2D eigenvalue weighted by molar-refractivity contribution is 7.17. The van der Waals surface area contributed by atoms with E-state index in [0.29, 0.717) is 36.2 Å². The van der Waals surface area contributed by atoms with Crippen molar-refractivity contribution in [3.05, 3.63) is 50.3 Å². The van der Waals surface area contributed by atoms with E-state index < -0.39 is 0 Å². The molecule has 0 aliphatic carbocycles. The van der Waals surface area contributed by atoms with E-state index in [0.717, 1.165) is 16.9 Å². The van der Waals surface area contributed by atoms with Gasteiger partial charge in [-0.3, -0.25) is 9.79 Å². The number of nitrogen functional groups attached to an aromatic ring is 1. The minimum Gasteiger partial charge on any atom is -0.506 e. The number of hydrogen-bond acceptors (Lipinski definition) is 7. The average molecular weight is 426 g/mol. The number of hydrogen-bond donors (Lipinski definition) is 2. The summed E-state index contributed by atoms with van der Waals surface area (Å²) in [5.41, 5.74) is 7.43. The number of carbonyl (C=O) groups is 1. The maximum Gasteiger partial charge on any atom is 0.195 e. The van der Waals surface area contributed by atoms with Crippen LogP contribution in [-0.2, 0) is 0 Å². The number of aromatic nitrogens is 1. The summed E-state index contributed by atoms with van der Waals surface area (Å²) in [5, 5.41) is 13.5. The van der Waals surface area contributed by atoms with E-state index in [1.165, 1.54) is 17.5 Å². The highest BCUT2D eigenvalue weighted by atomic mass is 35.5. The highest BCUT2D eigenvalue weighted by Gasteiger charge is 2.16. The van der Waals surface area contributed by atoms with Crippen LogP contribution >= 0.6 is 45.9 Å². The van der Waals surface area contributed by atoms with Crippen molar-refractivity contribution in [3.63, 3.8) is 0 Å². The Morgan fingerprint density at radius 1 is 1.35 bits per heavy atom. The molecule has 0 spiro atoms. The molecule has 3 N–H and O–H groups in total. The molecule has 0 aliphatic rings. The second kappa shape index (κ2) is 7.75. The SMILES string of the molecule is CC(=NCC(=O)c1cnc(N)s1)c1csc(-c2ccc(Cl)c(Cl)c2)c1O. The summed E-state index contributed by atoms with van der Waals surface area (Å²) in [5.74, 6) is -0.0675. The Kier molecular flexibility index (Phi) is 5.62. The van der Waals surface area contributed by atoms with Crippen LogP contribution in [0.1, 0.15) is 22.2 Å². The molecule has 0 amide bonds. The van der Waals surface area contributed by atoms with Crippen molar-refractivity contribution < 1.29 is 9.90 Å². The van der Waals surface area contributed by atoms with E-state index in [-0.39, 0.29) is 18.1 Å². The Balaban J connectivity index is 1.82. The maximum atomic E-state index is 12.1. The van der Waals surface area contributed by atoms with E-state index in [1.807, 2.05) is 0 Å². The number of benzene rings is 1. The van der Waals surface area contributed by atoms with Gasteiger partial charge >= 0.3 is 0 Å². The molecule has 0 saturated carbocycles. The zero-order valence-corrected chi connectivity index (χ0v) is 16.6. The number of ketones is 1. The van der Waals surface area contributed by atoms with Crippen LogP contribution in [0, 0.1) is 0 Å². The number of thiophene rings is 1. The fourth-order valence-electron chi connectivity index (χ4n) is 2.22. The highest BCUT2D eigenvalue weighted by Crippen LogP contribution is 2.40. The number of aromatic hydroxyl groups is 1. The lowest BCUT2D eigenvalue weighted by Crippen LogP contribution is -2.04. The molecule has 1 aromatic carbocycles. The van der Waals surface area contributed by atoms with E-state index in [9.17, 15) is 9.90 Å². The molecule has 0 fully saturated rings. The van der Waals surface area contributed by atoms with E-state index >= 15 is 0 Å². The largest absolute Gasteiger partial charge is 0.506 e. The van der Waals surface area contributed by atoms with E-state index in [4.69, 9.17) is 28.9 Å². The predicted molar refractivity (Wildman–Crippen MR) is 109 cm³/mol. The molecule has 0 saturated heterocycles. The van der Waals surface area contributed by atoms with Gasteiger partial charge in [0, 0.05) is 16.7 Å². The first-order valence-electron chi connectivity index (χ1n) is 7.38. The van der Waals surface area contributed by atoms with E-state index in [1.54, 1.807) is 30.5 Å².